The maximum Gasteiger partial charge on any atom is 0.340 e. The van der Waals surface area contributed by atoms with E-state index in [1.807, 2.05) is 53.5 Å². The second-order valence-corrected chi connectivity index (χ2v) is 6.32. The molecule has 0 N–H and O–H groups in total. The Morgan fingerprint density at radius 3 is 2.75 bits per heavy atom. The fraction of sp³-hybridized carbons (Fsp3) is 0.278. The van der Waals surface area contributed by atoms with E-state index in [-0.39, 0.29) is 12.2 Å². The second kappa shape index (κ2) is 6.00. The number of hydrazine groups is 1. The molecule has 0 radical (unpaired) electrons. The summed E-state index contributed by atoms with van der Waals surface area (Å²) in [5.74, 6) is 0.774. The highest BCUT2D eigenvalue weighted by Gasteiger charge is 2.48. The summed E-state index contributed by atoms with van der Waals surface area (Å²) >= 11 is 6.15. The molecule has 2 heterocycles. The molecule has 124 valence electrons. The number of amides is 2. The molecule has 0 aliphatic carbocycles. The van der Waals surface area contributed by atoms with Crippen LogP contribution in [-0.4, -0.2) is 36.2 Å². The summed E-state index contributed by atoms with van der Waals surface area (Å²) in [6.07, 6.45) is 0.746. The zero-order chi connectivity index (χ0) is 16.7. The summed E-state index contributed by atoms with van der Waals surface area (Å²) in [6.45, 7) is 1.58. The van der Waals surface area contributed by atoms with Gasteiger partial charge in [0.1, 0.15) is 11.9 Å². The van der Waals surface area contributed by atoms with Crippen molar-refractivity contribution < 1.29 is 9.53 Å². The minimum Gasteiger partial charge on any atom is -0.496 e. The average molecular weight is 344 g/mol. The molecule has 24 heavy (non-hydrogen) atoms. The number of nitrogens with zero attached hydrogens (tertiary/aromatic N) is 3. The Morgan fingerprint density at radius 2 is 1.96 bits per heavy atom. The van der Waals surface area contributed by atoms with Crippen molar-refractivity contribution in [3.63, 3.8) is 0 Å². The van der Waals surface area contributed by atoms with Crippen LogP contribution in [0, 0.1) is 0 Å². The first-order valence-corrected chi connectivity index (χ1v) is 8.34. The predicted octanol–water partition coefficient (Wildman–Crippen LogP) is 3.91. The summed E-state index contributed by atoms with van der Waals surface area (Å²) < 4.78 is 5.54. The van der Waals surface area contributed by atoms with Crippen LogP contribution >= 0.6 is 11.6 Å². The smallest absolute Gasteiger partial charge is 0.340 e. The Balaban J connectivity index is 1.85. The number of carbonyl (C=O) groups is 1. The lowest BCUT2D eigenvalue weighted by Gasteiger charge is -2.29. The maximum absolute atomic E-state index is 13.0. The fourth-order valence-corrected chi connectivity index (χ4v) is 3.70. The predicted molar refractivity (Wildman–Crippen MR) is 93.1 cm³/mol. The standard InChI is InChI=1S/C18H18ClN3O2/c1-24-16-9-3-2-8-15(16)17-20-10-5-11-21(20)18(23)22(17)14-7-4-6-13(19)12-14/h2-4,6-9,12,17H,5,10-11H2,1H3/t17-/m0/s1. The van der Waals surface area contributed by atoms with Crippen LogP contribution in [0.3, 0.4) is 0 Å². The summed E-state index contributed by atoms with van der Waals surface area (Å²) in [4.78, 5) is 14.8. The monoisotopic (exact) mass is 343 g/mol. The Hall–Kier alpha value is -2.24. The number of rotatable bonds is 3. The summed E-state index contributed by atoms with van der Waals surface area (Å²) in [6, 6.07) is 15.2. The first-order chi connectivity index (χ1) is 11.7. The molecule has 0 saturated carbocycles. The van der Waals surface area contributed by atoms with Gasteiger partial charge in [-0.15, -0.1) is 0 Å². The molecule has 1 atom stereocenters. The first kappa shape index (κ1) is 15.3. The number of para-hydroxylation sites is 1. The highest BCUT2D eigenvalue weighted by atomic mass is 35.5. The number of ether oxygens (including phenoxy) is 1. The van der Waals surface area contributed by atoms with Crippen LogP contribution < -0.4 is 9.64 Å². The van der Waals surface area contributed by atoms with E-state index in [9.17, 15) is 4.79 Å². The van der Waals surface area contributed by atoms with Crippen LogP contribution in [0.1, 0.15) is 18.2 Å². The van der Waals surface area contributed by atoms with Gasteiger partial charge in [-0.1, -0.05) is 35.9 Å². The van der Waals surface area contributed by atoms with Gasteiger partial charge in [0, 0.05) is 29.4 Å². The molecule has 2 aliphatic heterocycles. The molecular formula is C18H18ClN3O2. The molecule has 2 fully saturated rings. The van der Waals surface area contributed by atoms with Gasteiger partial charge in [-0.2, -0.15) is 5.01 Å². The number of halogens is 1. The first-order valence-electron chi connectivity index (χ1n) is 7.96. The highest BCUT2D eigenvalue weighted by molar-refractivity contribution is 6.30. The molecule has 2 amide bonds. The van der Waals surface area contributed by atoms with E-state index in [1.54, 1.807) is 12.0 Å². The van der Waals surface area contributed by atoms with Crippen molar-refractivity contribution >= 4 is 23.3 Å². The highest BCUT2D eigenvalue weighted by Crippen LogP contribution is 2.43. The van der Waals surface area contributed by atoms with Crippen LogP contribution in [0.4, 0.5) is 10.5 Å². The summed E-state index contributed by atoms with van der Waals surface area (Å²) in [7, 11) is 1.65. The molecule has 2 aromatic carbocycles. The van der Waals surface area contributed by atoms with Crippen molar-refractivity contribution in [2.24, 2.45) is 0 Å². The quantitative estimate of drug-likeness (QED) is 0.847. The van der Waals surface area contributed by atoms with Crippen molar-refractivity contribution in [1.82, 2.24) is 10.0 Å². The number of benzene rings is 2. The van der Waals surface area contributed by atoms with Crippen LogP contribution in [0.2, 0.25) is 5.02 Å². The van der Waals surface area contributed by atoms with Gasteiger partial charge in [0.2, 0.25) is 0 Å². The number of methoxy groups -OCH3 is 1. The van der Waals surface area contributed by atoms with Crippen LogP contribution in [0.15, 0.2) is 48.5 Å². The van der Waals surface area contributed by atoms with Gasteiger partial charge in [-0.05, 0) is 30.7 Å². The zero-order valence-corrected chi connectivity index (χ0v) is 14.1. The molecule has 0 aromatic heterocycles. The number of hydrogen-bond donors (Lipinski definition) is 0. The van der Waals surface area contributed by atoms with Gasteiger partial charge >= 0.3 is 6.03 Å². The molecule has 2 aromatic rings. The van der Waals surface area contributed by atoms with Gasteiger partial charge in [0.25, 0.3) is 0 Å². The van der Waals surface area contributed by atoms with Crippen molar-refractivity contribution in [3.05, 3.63) is 59.1 Å². The molecule has 5 nitrogen and oxygen atoms in total. The van der Waals surface area contributed by atoms with Gasteiger partial charge in [-0.3, -0.25) is 9.91 Å². The molecule has 0 bridgehead atoms. The molecular weight excluding hydrogens is 326 g/mol. The Bertz CT molecular complexity index is 782. The fourth-order valence-electron chi connectivity index (χ4n) is 3.51. The van der Waals surface area contributed by atoms with Gasteiger partial charge in [0.15, 0.2) is 0 Å². The zero-order valence-electron chi connectivity index (χ0n) is 13.4. The van der Waals surface area contributed by atoms with E-state index in [1.165, 1.54) is 0 Å². The maximum atomic E-state index is 13.0. The van der Waals surface area contributed by atoms with Gasteiger partial charge in [0.05, 0.1) is 7.11 Å². The molecule has 6 heteroatoms. The largest absolute Gasteiger partial charge is 0.496 e. The number of anilines is 1. The van der Waals surface area contributed by atoms with E-state index in [0.29, 0.717) is 5.02 Å². The molecule has 2 saturated heterocycles. The van der Waals surface area contributed by atoms with E-state index in [2.05, 4.69) is 5.01 Å². The average Bonchev–Trinajstić information content (AvgIpc) is 3.17. The Morgan fingerprint density at radius 1 is 1.12 bits per heavy atom. The number of carbonyl (C=O) groups excluding carboxylic acids is 1. The minimum absolute atomic E-state index is 0.0225. The van der Waals surface area contributed by atoms with E-state index in [4.69, 9.17) is 16.3 Å². The van der Waals surface area contributed by atoms with Gasteiger partial charge < -0.3 is 4.74 Å². The lowest BCUT2D eigenvalue weighted by Crippen LogP contribution is -2.32. The van der Waals surface area contributed by atoms with Crippen LogP contribution in [-0.2, 0) is 0 Å². The SMILES string of the molecule is COc1ccccc1[C@@H]1N(c2cccc(Cl)c2)C(=O)N2CCCN12. The van der Waals surface area contributed by atoms with Crippen molar-refractivity contribution in [1.29, 1.82) is 0 Å². The van der Waals surface area contributed by atoms with E-state index in [0.717, 1.165) is 36.5 Å². The van der Waals surface area contributed by atoms with Crippen molar-refractivity contribution in [3.8, 4) is 5.75 Å². The van der Waals surface area contributed by atoms with Crippen molar-refractivity contribution in [2.75, 3.05) is 25.1 Å². The summed E-state index contributed by atoms with van der Waals surface area (Å²) in [5, 5.41) is 4.54. The minimum atomic E-state index is -0.227. The van der Waals surface area contributed by atoms with E-state index < -0.39 is 0 Å². The third-order valence-electron chi connectivity index (χ3n) is 4.52. The second-order valence-electron chi connectivity index (χ2n) is 5.89. The number of urea groups is 1. The number of hydrogen-bond acceptors (Lipinski definition) is 3. The van der Waals surface area contributed by atoms with Crippen LogP contribution in [0.5, 0.6) is 5.75 Å². The number of fused-ring (bicyclic) bond motifs is 1. The van der Waals surface area contributed by atoms with Crippen molar-refractivity contribution in [2.45, 2.75) is 12.6 Å². The lowest BCUT2D eigenvalue weighted by atomic mass is 10.1. The topological polar surface area (TPSA) is 36.0 Å². The summed E-state index contributed by atoms with van der Waals surface area (Å²) in [5.41, 5.74) is 1.76. The molecule has 4 rings (SSSR count). The lowest BCUT2D eigenvalue weighted by molar-refractivity contribution is 0.0718. The van der Waals surface area contributed by atoms with Gasteiger partial charge in [-0.25, -0.2) is 4.79 Å². The molecule has 0 unspecified atom stereocenters. The molecule has 0 spiro atoms. The van der Waals surface area contributed by atoms with Crippen LogP contribution in [0.25, 0.3) is 0 Å². The third-order valence-corrected chi connectivity index (χ3v) is 4.76. The third kappa shape index (κ3) is 2.32. The Labute approximate surface area is 145 Å². The normalized spacial score (nSPS) is 20.6. The Kier molecular flexibility index (Phi) is 3.82. The molecule has 2 aliphatic rings. The van der Waals surface area contributed by atoms with E-state index >= 15 is 0 Å².